The number of hydrogen-bond acceptors (Lipinski definition) is 3. The highest BCUT2D eigenvalue weighted by Crippen LogP contribution is 2.63. The van der Waals surface area contributed by atoms with Gasteiger partial charge in [0.25, 0.3) is 0 Å². The van der Waals surface area contributed by atoms with E-state index in [0.29, 0.717) is 17.8 Å². The summed E-state index contributed by atoms with van der Waals surface area (Å²) in [5, 5.41) is 1.15. The number of benzene rings is 4. The second kappa shape index (κ2) is 11.2. The Labute approximate surface area is 283 Å². The Morgan fingerprint density at radius 2 is 1.46 bits per heavy atom. The Morgan fingerprint density at radius 1 is 0.771 bits per heavy atom. The first-order valence-corrected chi connectivity index (χ1v) is 17.3. The number of allylic oxidation sites excluding steroid dienone is 7. The molecule has 236 valence electrons. The molecule has 0 N–H and O–H groups in total. The van der Waals surface area contributed by atoms with E-state index in [9.17, 15) is 0 Å². The second-order valence-corrected chi connectivity index (χ2v) is 14.0. The van der Waals surface area contributed by atoms with Crippen molar-refractivity contribution < 1.29 is 4.42 Å². The van der Waals surface area contributed by atoms with Gasteiger partial charge in [-0.25, -0.2) is 0 Å². The Balaban J connectivity index is 1.27. The maximum atomic E-state index is 6.94. The van der Waals surface area contributed by atoms with E-state index >= 15 is 0 Å². The second-order valence-electron chi connectivity index (χ2n) is 14.0. The third-order valence-electron chi connectivity index (χ3n) is 11.0. The topological polar surface area (TPSA) is 19.6 Å². The van der Waals surface area contributed by atoms with Crippen LogP contribution in [0.1, 0.15) is 50.1 Å². The third kappa shape index (κ3) is 4.34. The summed E-state index contributed by atoms with van der Waals surface area (Å²) < 4.78 is 6.94. The van der Waals surface area contributed by atoms with Crippen LogP contribution in [0.3, 0.4) is 0 Å². The van der Waals surface area contributed by atoms with Crippen LogP contribution in [-0.4, -0.2) is 0 Å². The van der Waals surface area contributed by atoms with E-state index in [1.807, 2.05) is 0 Å². The molecule has 0 amide bonds. The summed E-state index contributed by atoms with van der Waals surface area (Å²) >= 11 is 0. The molecular formula is C45H40N2O. The molecule has 0 saturated carbocycles. The molecule has 0 radical (unpaired) electrons. The quantitative estimate of drug-likeness (QED) is 0.194. The van der Waals surface area contributed by atoms with Crippen LogP contribution < -0.4 is 9.80 Å². The van der Waals surface area contributed by atoms with Crippen LogP contribution in [0.25, 0.3) is 17.0 Å². The van der Waals surface area contributed by atoms with Crippen molar-refractivity contribution >= 4 is 34.1 Å². The van der Waals surface area contributed by atoms with E-state index in [2.05, 4.69) is 182 Å². The summed E-state index contributed by atoms with van der Waals surface area (Å²) in [6.07, 6.45) is 18.0. The average molecular weight is 625 g/mol. The van der Waals surface area contributed by atoms with Gasteiger partial charge in [0.2, 0.25) is 0 Å². The summed E-state index contributed by atoms with van der Waals surface area (Å²) in [5.74, 6) is 2.32. The van der Waals surface area contributed by atoms with Gasteiger partial charge < -0.3 is 14.2 Å². The first-order valence-electron chi connectivity index (χ1n) is 17.3. The molecule has 5 aromatic rings. The number of para-hydroxylation sites is 4. The highest BCUT2D eigenvalue weighted by atomic mass is 16.3. The van der Waals surface area contributed by atoms with Crippen molar-refractivity contribution in [3.8, 4) is 0 Å². The Kier molecular flexibility index (Phi) is 6.72. The minimum atomic E-state index is -0.442. The van der Waals surface area contributed by atoms with E-state index in [0.717, 1.165) is 40.1 Å². The number of anilines is 3. The lowest BCUT2D eigenvalue weighted by Crippen LogP contribution is -2.43. The molecule has 1 aromatic heterocycles. The zero-order valence-electron chi connectivity index (χ0n) is 27.8. The van der Waals surface area contributed by atoms with Gasteiger partial charge in [-0.15, -0.1) is 0 Å². The Bertz CT molecular complexity index is 2140. The Hall–Kier alpha value is -5.28. The molecule has 0 fully saturated rings. The summed E-state index contributed by atoms with van der Waals surface area (Å²) in [6.45, 7) is 7.11. The van der Waals surface area contributed by atoms with E-state index in [-0.39, 0.29) is 6.04 Å². The van der Waals surface area contributed by atoms with Crippen LogP contribution in [0.15, 0.2) is 167 Å². The number of hydrogen-bond donors (Lipinski definition) is 0. The first kappa shape index (κ1) is 28.9. The van der Waals surface area contributed by atoms with Crippen molar-refractivity contribution in [2.75, 3.05) is 9.80 Å². The maximum absolute atomic E-state index is 6.94. The van der Waals surface area contributed by atoms with Crippen LogP contribution in [0.5, 0.6) is 0 Å². The molecule has 4 aromatic carbocycles. The average Bonchev–Trinajstić information content (AvgIpc) is 3.62. The van der Waals surface area contributed by atoms with E-state index < -0.39 is 5.41 Å². The fourth-order valence-corrected chi connectivity index (χ4v) is 8.69. The van der Waals surface area contributed by atoms with Gasteiger partial charge in [0.05, 0.1) is 5.41 Å². The van der Waals surface area contributed by atoms with Crippen molar-refractivity contribution in [2.24, 2.45) is 17.8 Å². The van der Waals surface area contributed by atoms with E-state index in [1.165, 1.54) is 28.2 Å². The SMILES string of the molecule is CC1C=C(C2C=CC(N3c4ccccc4[C@]4(C)C(N(c5ccccc5)c5ccccc5)=Cc5c(oc6ccccc56)C34)=CC2C)C=CC1. The molecule has 4 unspecified atom stereocenters. The van der Waals surface area contributed by atoms with Crippen LogP contribution in [-0.2, 0) is 5.41 Å². The standard InChI is InChI=1S/C45H40N2O/c1-30-15-14-16-32(27-30)36-26-25-35(28-31(36)2)47-40-23-12-11-22-39(40)45(3)42(29-38-37-21-10-13-24-41(37)48-43(38)44(45)47)46(33-17-6-4-7-18-33)34-19-8-5-9-20-34/h4-14,16-31,36,44H,15H2,1-3H3/t30?,31?,36?,44?,45-/m1/s1. The minimum absolute atomic E-state index is 0.0966. The number of nitrogens with zero attached hydrogens (tertiary/aromatic N) is 2. The molecule has 0 spiro atoms. The lowest BCUT2D eigenvalue weighted by molar-refractivity contribution is 0.385. The minimum Gasteiger partial charge on any atom is -0.458 e. The highest BCUT2D eigenvalue weighted by molar-refractivity contribution is 5.94. The largest absolute Gasteiger partial charge is 0.458 e. The lowest BCUT2D eigenvalue weighted by atomic mass is 9.69. The van der Waals surface area contributed by atoms with Crippen molar-refractivity contribution in [1.82, 2.24) is 0 Å². The molecule has 9 rings (SSSR count). The summed E-state index contributed by atoms with van der Waals surface area (Å²) in [7, 11) is 0. The van der Waals surface area contributed by atoms with Gasteiger partial charge in [0.15, 0.2) is 0 Å². The van der Waals surface area contributed by atoms with Crippen molar-refractivity contribution in [1.29, 1.82) is 0 Å². The number of furan rings is 1. The van der Waals surface area contributed by atoms with Gasteiger partial charge in [-0.2, -0.15) is 0 Å². The predicted molar refractivity (Wildman–Crippen MR) is 199 cm³/mol. The molecule has 3 nitrogen and oxygen atoms in total. The van der Waals surface area contributed by atoms with Gasteiger partial charge in [-0.1, -0.05) is 117 Å². The molecule has 4 aliphatic rings. The highest BCUT2D eigenvalue weighted by Gasteiger charge is 2.57. The van der Waals surface area contributed by atoms with Crippen LogP contribution in [0.4, 0.5) is 17.1 Å². The van der Waals surface area contributed by atoms with Gasteiger partial charge >= 0.3 is 0 Å². The van der Waals surface area contributed by atoms with Gasteiger partial charge in [-0.3, -0.25) is 0 Å². The zero-order valence-corrected chi connectivity index (χ0v) is 27.8. The maximum Gasteiger partial charge on any atom is 0.136 e. The number of fused-ring (bicyclic) bond motifs is 7. The van der Waals surface area contributed by atoms with E-state index in [4.69, 9.17) is 4.42 Å². The summed E-state index contributed by atoms with van der Waals surface area (Å²) in [6, 6.07) is 39.0. The zero-order chi connectivity index (χ0) is 32.4. The fourth-order valence-electron chi connectivity index (χ4n) is 8.69. The number of rotatable bonds is 5. The molecule has 2 heterocycles. The predicted octanol–water partition coefficient (Wildman–Crippen LogP) is 11.7. The van der Waals surface area contributed by atoms with Crippen LogP contribution >= 0.6 is 0 Å². The molecule has 0 bridgehead atoms. The van der Waals surface area contributed by atoms with E-state index in [1.54, 1.807) is 0 Å². The molecule has 0 saturated heterocycles. The van der Waals surface area contributed by atoms with Crippen LogP contribution in [0, 0.1) is 17.8 Å². The summed E-state index contributed by atoms with van der Waals surface area (Å²) in [4.78, 5) is 5.04. The van der Waals surface area contributed by atoms with Crippen LogP contribution in [0.2, 0.25) is 0 Å². The monoisotopic (exact) mass is 624 g/mol. The molecule has 3 heteroatoms. The van der Waals surface area contributed by atoms with Gasteiger partial charge in [0.1, 0.15) is 17.4 Å². The molecule has 48 heavy (non-hydrogen) atoms. The van der Waals surface area contributed by atoms with Crippen molar-refractivity contribution in [2.45, 2.75) is 38.6 Å². The van der Waals surface area contributed by atoms with Gasteiger partial charge in [-0.05, 0) is 84.9 Å². The molecule has 3 aliphatic carbocycles. The summed E-state index contributed by atoms with van der Waals surface area (Å²) in [5.41, 5.74) is 10.4. The fraction of sp³-hybridized carbons (Fsp3) is 0.200. The Morgan fingerprint density at radius 3 is 2.19 bits per heavy atom. The smallest absolute Gasteiger partial charge is 0.136 e. The van der Waals surface area contributed by atoms with Crippen molar-refractivity contribution in [3.63, 3.8) is 0 Å². The first-order chi connectivity index (χ1) is 23.5. The van der Waals surface area contributed by atoms with Gasteiger partial charge in [0, 0.05) is 45.3 Å². The molecule has 1 aliphatic heterocycles. The lowest BCUT2D eigenvalue weighted by Gasteiger charge is -2.45. The molecule has 5 atom stereocenters. The third-order valence-corrected chi connectivity index (χ3v) is 11.0. The normalized spacial score (nSPS) is 25.6. The molecular weight excluding hydrogens is 585 g/mol. The van der Waals surface area contributed by atoms with Crippen molar-refractivity contribution in [3.05, 3.63) is 180 Å².